The van der Waals surface area contributed by atoms with Crippen LogP contribution in [0.2, 0.25) is 0 Å². The monoisotopic (exact) mass is 339 g/mol. The second kappa shape index (κ2) is 7.76. The molecule has 130 valence electrons. The van der Waals surface area contributed by atoms with Gasteiger partial charge in [-0.1, -0.05) is 23.4 Å². The van der Waals surface area contributed by atoms with Crippen molar-refractivity contribution in [3.05, 3.63) is 66.3 Å². The molecular weight excluding hydrogens is 318 g/mol. The summed E-state index contributed by atoms with van der Waals surface area (Å²) in [6.45, 7) is 2.12. The van der Waals surface area contributed by atoms with E-state index in [9.17, 15) is 4.79 Å². The molecule has 0 saturated carbocycles. The summed E-state index contributed by atoms with van der Waals surface area (Å²) in [6, 6.07) is 11.6. The Labute approximate surface area is 146 Å². The van der Waals surface area contributed by atoms with E-state index in [1.165, 1.54) is 6.26 Å². The largest absolute Gasteiger partial charge is 0.364 e. The molecule has 0 aliphatic rings. The van der Waals surface area contributed by atoms with Crippen molar-refractivity contribution in [1.29, 1.82) is 0 Å². The lowest BCUT2D eigenvalue weighted by atomic mass is 10.3. The third kappa shape index (κ3) is 4.33. The summed E-state index contributed by atoms with van der Waals surface area (Å²) < 4.78 is 6.58. The van der Waals surface area contributed by atoms with Gasteiger partial charge in [0.05, 0.1) is 11.9 Å². The summed E-state index contributed by atoms with van der Waals surface area (Å²) in [4.78, 5) is 15.9. The molecule has 7 heteroatoms. The topological polar surface area (TPSA) is 67.4 Å². The zero-order valence-corrected chi connectivity index (χ0v) is 14.4. The number of benzene rings is 1. The van der Waals surface area contributed by atoms with Gasteiger partial charge >= 0.3 is 0 Å². The number of nitrogens with zero attached hydrogens (tertiary/aromatic N) is 5. The molecular formula is C18H21N5O2. The van der Waals surface area contributed by atoms with Crippen LogP contribution in [0.5, 0.6) is 0 Å². The number of para-hydroxylation sites is 1. The van der Waals surface area contributed by atoms with E-state index in [4.69, 9.17) is 4.52 Å². The molecule has 2 heterocycles. The molecule has 0 atom stereocenters. The summed E-state index contributed by atoms with van der Waals surface area (Å²) in [5, 5.41) is 8.08. The maximum absolute atomic E-state index is 12.1. The second-order valence-corrected chi connectivity index (χ2v) is 5.98. The zero-order chi connectivity index (χ0) is 17.6. The van der Waals surface area contributed by atoms with Gasteiger partial charge in [0, 0.05) is 44.5 Å². The Kier molecular flexibility index (Phi) is 5.25. The van der Waals surface area contributed by atoms with Crippen molar-refractivity contribution in [1.82, 2.24) is 24.7 Å². The number of rotatable bonds is 7. The highest BCUT2D eigenvalue weighted by Gasteiger charge is 2.15. The molecule has 0 N–H and O–H groups in total. The normalized spacial score (nSPS) is 11.0. The van der Waals surface area contributed by atoms with Crippen LogP contribution in [-0.2, 0) is 6.54 Å². The van der Waals surface area contributed by atoms with Crippen molar-refractivity contribution in [2.75, 3.05) is 27.2 Å². The molecule has 1 amide bonds. The molecule has 0 bridgehead atoms. The van der Waals surface area contributed by atoms with Crippen molar-refractivity contribution >= 4 is 5.91 Å². The molecule has 7 nitrogen and oxygen atoms in total. The Morgan fingerprint density at radius 1 is 1.16 bits per heavy atom. The summed E-state index contributed by atoms with van der Waals surface area (Å²) in [5.74, 6) is -0.140. The summed E-state index contributed by atoms with van der Waals surface area (Å²) >= 11 is 0. The molecule has 0 unspecified atom stereocenters. The summed E-state index contributed by atoms with van der Waals surface area (Å²) in [5.41, 5.74) is 2.49. The fourth-order valence-corrected chi connectivity index (χ4v) is 2.50. The van der Waals surface area contributed by atoms with Gasteiger partial charge < -0.3 is 14.3 Å². The molecule has 0 aliphatic carbocycles. The number of amides is 1. The fraction of sp³-hybridized carbons (Fsp3) is 0.278. The predicted octanol–water partition coefficient (Wildman–Crippen LogP) is 2.06. The van der Waals surface area contributed by atoms with Crippen LogP contribution >= 0.6 is 0 Å². The number of hydrogen-bond acceptors (Lipinski definition) is 5. The molecule has 0 aliphatic heterocycles. The minimum atomic E-state index is -0.140. The lowest BCUT2D eigenvalue weighted by molar-refractivity contribution is 0.0771. The quantitative estimate of drug-likeness (QED) is 0.659. The lowest BCUT2D eigenvalue weighted by Crippen LogP contribution is -2.34. The van der Waals surface area contributed by atoms with Crippen molar-refractivity contribution < 1.29 is 9.32 Å². The van der Waals surface area contributed by atoms with Crippen LogP contribution in [0.25, 0.3) is 5.69 Å². The van der Waals surface area contributed by atoms with Gasteiger partial charge in [0.25, 0.3) is 5.91 Å². The van der Waals surface area contributed by atoms with E-state index in [-0.39, 0.29) is 5.91 Å². The zero-order valence-electron chi connectivity index (χ0n) is 14.4. The maximum atomic E-state index is 12.1. The van der Waals surface area contributed by atoms with Gasteiger partial charge in [0.1, 0.15) is 6.26 Å². The van der Waals surface area contributed by atoms with Crippen LogP contribution in [0.3, 0.4) is 0 Å². The first-order valence-corrected chi connectivity index (χ1v) is 8.07. The SMILES string of the molecule is CN(CCN(C)C(=O)c1ccon1)Cc1cnn(-c2ccccc2)c1. The highest BCUT2D eigenvalue weighted by Crippen LogP contribution is 2.09. The molecule has 2 aromatic heterocycles. The van der Waals surface area contributed by atoms with E-state index in [1.807, 2.05) is 54.5 Å². The van der Waals surface area contributed by atoms with Gasteiger partial charge in [-0.2, -0.15) is 5.10 Å². The standard InChI is InChI=1S/C18H21N5O2/c1-21(9-10-22(2)18(24)17-8-11-25-20-17)13-15-12-19-23(14-15)16-6-4-3-5-7-16/h3-8,11-12,14H,9-10,13H2,1-2H3. The fourth-order valence-electron chi connectivity index (χ4n) is 2.50. The summed E-state index contributed by atoms with van der Waals surface area (Å²) in [6.07, 6.45) is 5.29. The molecule has 0 spiro atoms. The van der Waals surface area contributed by atoms with Crippen molar-refractivity contribution in [3.63, 3.8) is 0 Å². The van der Waals surface area contributed by atoms with E-state index in [2.05, 4.69) is 15.2 Å². The number of carbonyl (C=O) groups is 1. The predicted molar refractivity (Wildman–Crippen MR) is 93.4 cm³/mol. The highest BCUT2D eigenvalue weighted by atomic mass is 16.5. The molecule has 0 radical (unpaired) electrons. The average molecular weight is 339 g/mol. The third-order valence-electron chi connectivity index (χ3n) is 3.93. The Morgan fingerprint density at radius 2 is 1.96 bits per heavy atom. The Balaban J connectivity index is 1.50. The van der Waals surface area contributed by atoms with E-state index in [0.29, 0.717) is 12.2 Å². The maximum Gasteiger partial charge on any atom is 0.275 e. The van der Waals surface area contributed by atoms with Gasteiger partial charge in [0.15, 0.2) is 5.69 Å². The lowest BCUT2D eigenvalue weighted by Gasteiger charge is -2.21. The minimum absolute atomic E-state index is 0.140. The van der Waals surface area contributed by atoms with Crippen LogP contribution in [0.4, 0.5) is 0 Å². The molecule has 0 saturated heterocycles. The number of aromatic nitrogens is 3. The Hall–Kier alpha value is -2.93. The van der Waals surface area contributed by atoms with Crippen molar-refractivity contribution in [3.8, 4) is 5.69 Å². The molecule has 3 aromatic rings. The van der Waals surface area contributed by atoms with E-state index >= 15 is 0 Å². The van der Waals surface area contributed by atoms with Crippen LogP contribution in [0.1, 0.15) is 16.1 Å². The van der Waals surface area contributed by atoms with Crippen LogP contribution in [0.15, 0.2) is 59.6 Å². The first kappa shape index (κ1) is 16.9. The Bertz CT molecular complexity index is 798. The Morgan fingerprint density at radius 3 is 2.68 bits per heavy atom. The number of likely N-dealkylation sites (N-methyl/N-ethyl adjacent to an activating group) is 2. The van der Waals surface area contributed by atoms with E-state index < -0.39 is 0 Å². The molecule has 25 heavy (non-hydrogen) atoms. The first-order valence-electron chi connectivity index (χ1n) is 8.07. The average Bonchev–Trinajstić information content (AvgIpc) is 3.32. The molecule has 0 fully saturated rings. The van der Waals surface area contributed by atoms with Crippen molar-refractivity contribution in [2.45, 2.75) is 6.54 Å². The molecule has 1 aromatic carbocycles. The van der Waals surface area contributed by atoms with Gasteiger partial charge in [-0.05, 0) is 19.2 Å². The summed E-state index contributed by atoms with van der Waals surface area (Å²) in [7, 11) is 3.78. The first-order chi connectivity index (χ1) is 12.1. The molecule has 3 rings (SSSR count). The van der Waals surface area contributed by atoms with Gasteiger partial charge in [-0.3, -0.25) is 4.79 Å². The van der Waals surface area contributed by atoms with E-state index in [0.717, 1.165) is 24.3 Å². The highest BCUT2D eigenvalue weighted by molar-refractivity contribution is 5.91. The number of carbonyl (C=O) groups excluding carboxylic acids is 1. The minimum Gasteiger partial charge on any atom is -0.364 e. The number of hydrogen-bond donors (Lipinski definition) is 0. The second-order valence-electron chi connectivity index (χ2n) is 5.98. The van der Waals surface area contributed by atoms with Crippen LogP contribution in [0, 0.1) is 0 Å². The van der Waals surface area contributed by atoms with Crippen LogP contribution in [-0.4, -0.2) is 57.8 Å². The van der Waals surface area contributed by atoms with Crippen LogP contribution < -0.4 is 0 Å². The van der Waals surface area contributed by atoms with E-state index in [1.54, 1.807) is 18.0 Å². The third-order valence-corrected chi connectivity index (χ3v) is 3.93. The smallest absolute Gasteiger partial charge is 0.275 e. The van der Waals surface area contributed by atoms with Gasteiger partial charge in [-0.25, -0.2) is 4.68 Å². The van der Waals surface area contributed by atoms with Gasteiger partial charge in [0.2, 0.25) is 0 Å². The van der Waals surface area contributed by atoms with Crippen molar-refractivity contribution in [2.24, 2.45) is 0 Å². The van der Waals surface area contributed by atoms with Gasteiger partial charge in [-0.15, -0.1) is 0 Å².